The molecule has 0 saturated carbocycles. The molecule has 0 amide bonds. The minimum absolute atomic E-state index is 0.669. The molecular formula is C25H26O2. The molecule has 0 N–H and O–H groups in total. The summed E-state index contributed by atoms with van der Waals surface area (Å²) in [5.74, 6) is 0.880. The highest BCUT2D eigenvalue weighted by atomic mass is 16.5. The van der Waals surface area contributed by atoms with E-state index in [-0.39, 0.29) is 0 Å². The number of benzene rings is 3. The van der Waals surface area contributed by atoms with Crippen molar-refractivity contribution in [2.45, 2.75) is 20.0 Å². The summed E-state index contributed by atoms with van der Waals surface area (Å²) >= 11 is 0. The molecule has 27 heavy (non-hydrogen) atoms. The van der Waals surface area contributed by atoms with Gasteiger partial charge < -0.3 is 9.47 Å². The molecule has 0 bridgehead atoms. The predicted molar refractivity (Wildman–Crippen MR) is 113 cm³/mol. The van der Waals surface area contributed by atoms with Gasteiger partial charge in [0, 0.05) is 0 Å². The van der Waals surface area contributed by atoms with Crippen LogP contribution in [0.4, 0.5) is 0 Å². The van der Waals surface area contributed by atoms with Gasteiger partial charge in [0.1, 0.15) is 5.75 Å². The van der Waals surface area contributed by atoms with E-state index < -0.39 is 0 Å². The smallest absolute Gasteiger partial charge is 0.118 e. The molecule has 0 radical (unpaired) electrons. The van der Waals surface area contributed by atoms with Gasteiger partial charge in [0.05, 0.1) is 20.3 Å². The van der Waals surface area contributed by atoms with Crippen molar-refractivity contribution in [3.63, 3.8) is 0 Å². The molecule has 0 aliphatic carbocycles. The maximum atomic E-state index is 5.77. The minimum Gasteiger partial charge on any atom is -0.497 e. The van der Waals surface area contributed by atoms with Gasteiger partial charge in [-0.1, -0.05) is 72.8 Å². The van der Waals surface area contributed by atoms with Gasteiger partial charge in [0.15, 0.2) is 0 Å². The van der Waals surface area contributed by atoms with Crippen LogP contribution in [0.25, 0.3) is 11.6 Å². The molecule has 0 heterocycles. The summed E-state index contributed by atoms with van der Waals surface area (Å²) in [6, 6.07) is 27.1. The molecule has 3 aromatic carbocycles. The van der Waals surface area contributed by atoms with Crippen LogP contribution in [0.1, 0.15) is 29.2 Å². The lowest BCUT2D eigenvalue weighted by molar-refractivity contribution is 0.124. The third kappa shape index (κ3) is 5.83. The highest BCUT2D eigenvalue weighted by molar-refractivity contribution is 5.80. The maximum absolute atomic E-state index is 5.77. The largest absolute Gasteiger partial charge is 0.497 e. The third-order valence-electron chi connectivity index (χ3n) is 4.55. The molecule has 2 nitrogen and oxygen atoms in total. The second-order valence-electron chi connectivity index (χ2n) is 6.59. The molecule has 138 valence electrons. The SMILES string of the molecule is COc1ccc(/C(C)=C\c2ccc(CCOCc3ccccc3)cc2)cc1. The normalized spacial score (nSPS) is 11.4. The first-order chi connectivity index (χ1) is 13.2. The van der Waals surface area contributed by atoms with Gasteiger partial charge >= 0.3 is 0 Å². The van der Waals surface area contributed by atoms with Crippen molar-refractivity contribution in [1.29, 1.82) is 0 Å². The standard InChI is InChI=1S/C25H26O2/c1-20(24-12-14-25(26-2)15-13-24)18-22-10-8-21(9-11-22)16-17-27-19-23-6-4-3-5-7-23/h3-15,18H,16-17,19H2,1-2H3/b20-18-. The Kier molecular flexibility index (Phi) is 6.84. The number of hydrogen-bond donors (Lipinski definition) is 0. The monoisotopic (exact) mass is 358 g/mol. The molecule has 3 aromatic rings. The van der Waals surface area contributed by atoms with E-state index in [9.17, 15) is 0 Å². The van der Waals surface area contributed by atoms with Crippen LogP contribution < -0.4 is 4.74 Å². The zero-order valence-corrected chi connectivity index (χ0v) is 16.0. The third-order valence-corrected chi connectivity index (χ3v) is 4.55. The highest BCUT2D eigenvalue weighted by Gasteiger charge is 1.99. The Labute approximate surface area is 162 Å². The lowest BCUT2D eigenvalue weighted by Crippen LogP contribution is -1.99. The van der Waals surface area contributed by atoms with Crippen LogP contribution in [-0.4, -0.2) is 13.7 Å². The summed E-state index contributed by atoms with van der Waals surface area (Å²) in [4.78, 5) is 0. The summed E-state index contributed by atoms with van der Waals surface area (Å²) in [5.41, 5.74) is 6.15. The van der Waals surface area contributed by atoms with Crippen molar-refractivity contribution < 1.29 is 9.47 Å². The van der Waals surface area contributed by atoms with Gasteiger partial charge in [0.25, 0.3) is 0 Å². The first kappa shape index (κ1) is 18.9. The predicted octanol–water partition coefficient (Wildman–Crippen LogP) is 6.02. The Hall–Kier alpha value is -2.84. The number of ether oxygens (including phenoxy) is 2. The van der Waals surface area contributed by atoms with Crippen LogP contribution in [0, 0.1) is 0 Å². The topological polar surface area (TPSA) is 18.5 Å². The lowest BCUT2D eigenvalue weighted by Gasteiger charge is -2.06. The average molecular weight is 358 g/mol. The summed E-state index contributed by atoms with van der Waals surface area (Å²) in [5, 5.41) is 0. The molecule has 0 aliphatic rings. The molecule has 0 saturated heterocycles. The molecule has 0 aliphatic heterocycles. The summed E-state index contributed by atoms with van der Waals surface area (Å²) in [6.07, 6.45) is 3.13. The lowest BCUT2D eigenvalue weighted by atomic mass is 10.0. The summed E-state index contributed by atoms with van der Waals surface area (Å²) < 4.78 is 11.0. The fourth-order valence-corrected chi connectivity index (χ4v) is 2.92. The van der Waals surface area contributed by atoms with Crippen molar-refractivity contribution in [3.8, 4) is 5.75 Å². The second kappa shape index (κ2) is 9.75. The van der Waals surface area contributed by atoms with Gasteiger partial charge in [-0.25, -0.2) is 0 Å². The van der Waals surface area contributed by atoms with E-state index in [0.717, 1.165) is 18.8 Å². The van der Waals surface area contributed by atoms with Gasteiger partial charge in [-0.3, -0.25) is 0 Å². The van der Waals surface area contributed by atoms with Gasteiger partial charge in [-0.05, 0) is 53.3 Å². The first-order valence-corrected chi connectivity index (χ1v) is 9.28. The van der Waals surface area contributed by atoms with Crippen LogP contribution in [0.3, 0.4) is 0 Å². The van der Waals surface area contributed by atoms with E-state index in [4.69, 9.17) is 9.47 Å². The molecule has 3 rings (SSSR count). The first-order valence-electron chi connectivity index (χ1n) is 9.28. The van der Waals surface area contributed by atoms with E-state index in [1.807, 2.05) is 30.3 Å². The van der Waals surface area contributed by atoms with Gasteiger partial charge in [-0.15, -0.1) is 0 Å². The van der Waals surface area contributed by atoms with Crippen LogP contribution in [0.15, 0.2) is 78.9 Å². The quantitative estimate of drug-likeness (QED) is 0.362. The molecule has 0 aromatic heterocycles. The fraction of sp³-hybridized carbons (Fsp3) is 0.200. The zero-order chi connectivity index (χ0) is 18.9. The minimum atomic E-state index is 0.669. The number of allylic oxidation sites excluding steroid dienone is 1. The number of hydrogen-bond acceptors (Lipinski definition) is 2. The zero-order valence-electron chi connectivity index (χ0n) is 16.0. The van der Waals surface area contributed by atoms with Gasteiger partial charge in [0.2, 0.25) is 0 Å². The number of rotatable bonds is 8. The van der Waals surface area contributed by atoms with Gasteiger partial charge in [-0.2, -0.15) is 0 Å². The molecular weight excluding hydrogens is 332 g/mol. The van der Waals surface area contributed by atoms with Crippen molar-refractivity contribution in [3.05, 3.63) is 101 Å². The van der Waals surface area contributed by atoms with Crippen LogP contribution in [0.5, 0.6) is 5.75 Å². The second-order valence-corrected chi connectivity index (χ2v) is 6.59. The van der Waals surface area contributed by atoms with Crippen molar-refractivity contribution in [2.75, 3.05) is 13.7 Å². The van der Waals surface area contributed by atoms with Crippen LogP contribution in [-0.2, 0) is 17.8 Å². The summed E-state index contributed by atoms with van der Waals surface area (Å²) in [7, 11) is 1.69. The van der Waals surface area contributed by atoms with E-state index in [0.29, 0.717) is 6.61 Å². The fourth-order valence-electron chi connectivity index (χ4n) is 2.92. The summed E-state index contributed by atoms with van der Waals surface area (Å²) in [6.45, 7) is 3.53. The van der Waals surface area contributed by atoms with Crippen molar-refractivity contribution in [2.24, 2.45) is 0 Å². The molecule has 0 fully saturated rings. The van der Waals surface area contributed by atoms with E-state index >= 15 is 0 Å². The Morgan fingerprint density at radius 3 is 2.19 bits per heavy atom. The van der Waals surface area contributed by atoms with E-state index in [1.165, 1.54) is 27.8 Å². The van der Waals surface area contributed by atoms with Crippen molar-refractivity contribution >= 4 is 11.6 Å². The molecule has 0 spiro atoms. The molecule has 0 unspecified atom stereocenters. The Morgan fingerprint density at radius 1 is 0.815 bits per heavy atom. The molecule has 2 heteroatoms. The Morgan fingerprint density at radius 2 is 1.52 bits per heavy atom. The maximum Gasteiger partial charge on any atom is 0.118 e. The van der Waals surface area contributed by atoms with E-state index in [1.54, 1.807) is 7.11 Å². The Bertz CT molecular complexity index is 847. The highest BCUT2D eigenvalue weighted by Crippen LogP contribution is 2.21. The van der Waals surface area contributed by atoms with Crippen LogP contribution in [0.2, 0.25) is 0 Å². The van der Waals surface area contributed by atoms with Crippen molar-refractivity contribution in [1.82, 2.24) is 0 Å². The number of methoxy groups -OCH3 is 1. The van der Waals surface area contributed by atoms with Crippen LogP contribution >= 0.6 is 0 Å². The molecule has 0 atom stereocenters. The Balaban J connectivity index is 1.51. The average Bonchev–Trinajstić information content (AvgIpc) is 2.73. The van der Waals surface area contributed by atoms with E-state index in [2.05, 4.69) is 61.5 Å².